The van der Waals surface area contributed by atoms with Gasteiger partial charge in [-0.05, 0) is 35.7 Å². The zero-order valence-electron chi connectivity index (χ0n) is 15.5. The molecule has 0 bridgehead atoms. The topological polar surface area (TPSA) is 82.5 Å². The summed E-state index contributed by atoms with van der Waals surface area (Å²) in [5.74, 6) is 1.15. The highest BCUT2D eigenvalue weighted by molar-refractivity contribution is 7.99. The number of thioether (sulfide) groups is 1. The van der Waals surface area contributed by atoms with E-state index in [1.807, 2.05) is 41.8 Å². The fourth-order valence-corrected chi connectivity index (χ4v) is 4.67. The van der Waals surface area contributed by atoms with Crippen molar-refractivity contribution in [3.63, 3.8) is 0 Å². The number of aromatic nitrogens is 2. The summed E-state index contributed by atoms with van der Waals surface area (Å²) in [6.45, 7) is 0.177. The van der Waals surface area contributed by atoms with E-state index in [0.29, 0.717) is 38.2 Å². The lowest BCUT2D eigenvalue weighted by Gasteiger charge is -2.12. The molecule has 0 atom stereocenters. The van der Waals surface area contributed by atoms with Crippen molar-refractivity contribution in [1.82, 2.24) is 9.55 Å². The van der Waals surface area contributed by atoms with Gasteiger partial charge in [-0.2, -0.15) is 0 Å². The number of carbonyl (C=O) groups excluding carboxylic acids is 1. The van der Waals surface area contributed by atoms with Gasteiger partial charge >= 0.3 is 0 Å². The fraction of sp³-hybridized carbons (Fsp3) is 0.0952. The summed E-state index contributed by atoms with van der Waals surface area (Å²) in [7, 11) is 0. The highest BCUT2D eigenvalue weighted by atomic mass is 32.2. The van der Waals surface area contributed by atoms with Gasteiger partial charge in [0.1, 0.15) is 4.70 Å². The molecule has 7 nitrogen and oxygen atoms in total. The van der Waals surface area contributed by atoms with Gasteiger partial charge in [-0.25, -0.2) is 4.98 Å². The minimum Gasteiger partial charge on any atom is -0.454 e. The molecule has 2 aromatic carbocycles. The Kier molecular flexibility index (Phi) is 4.89. The molecule has 0 radical (unpaired) electrons. The van der Waals surface area contributed by atoms with E-state index in [1.54, 1.807) is 22.8 Å². The van der Waals surface area contributed by atoms with Gasteiger partial charge in [-0.3, -0.25) is 14.2 Å². The Hall–Kier alpha value is -3.30. The molecule has 1 aliphatic heterocycles. The van der Waals surface area contributed by atoms with E-state index in [2.05, 4.69) is 10.3 Å². The van der Waals surface area contributed by atoms with E-state index >= 15 is 0 Å². The van der Waals surface area contributed by atoms with Crippen LogP contribution in [0, 0.1) is 0 Å². The molecular formula is C21H15N3O4S2. The van der Waals surface area contributed by atoms with Crippen molar-refractivity contribution in [2.75, 3.05) is 17.9 Å². The van der Waals surface area contributed by atoms with Gasteiger partial charge in [0.2, 0.25) is 12.7 Å². The number of para-hydroxylation sites is 1. The Bertz CT molecular complexity index is 1300. The van der Waals surface area contributed by atoms with Crippen LogP contribution in [-0.4, -0.2) is 28.0 Å². The van der Waals surface area contributed by atoms with E-state index in [-0.39, 0.29) is 24.0 Å². The maximum atomic E-state index is 13.0. The molecule has 2 aromatic heterocycles. The minimum atomic E-state index is -0.210. The quantitative estimate of drug-likeness (QED) is 0.377. The molecule has 0 unspecified atom stereocenters. The van der Waals surface area contributed by atoms with Crippen LogP contribution in [-0.2, 0) is 4.79 Å². The monoisotopic (exact) mass is 437 g/mol. The zero-order valence-corrected chi connectivity index (χ0v) is 17.2. The first-order valence-corrected chi connectivity index (χ1v) is 10.9. The molecular weight excluding hydrogens is 422 g/mol. The van der Waals surface area contributed by atoms with Crippen molar-refractivity contribution >= 4 is 44.9 Å². The summed E-state index contributed by atoms with van der Waals surface area (Å²) in [4.78, 5) is 30.2. The predicted octanol–water partition coefficient (Wildman–Crippen LogP) is 3.91. The summed E-state index contributed by atoms with van der Waals surface area (Å²) in [5, 5.41) is 5.15. The lowest BCUT2D eigenvalue weighted by molar-refractivity contribution is -0.113. The average molecular weight is 438 g/mol. The zero-order chi connectivity index (χ0) is 20.5. The van der Waals surface area contributed by atoms with Crippen LogP contribution in [0.15, 0.2) is 69.9 Å². The normalized spacial score (nSPS) is 12.3. The van der Waals surface area contributed by atoms with Crippen LogP contribution < -0.4 is 20.3 Å². The van der Waals surface area contributed by atoms with E-state index in [9.17, 15) is 9.59 Å². The van der Waals surface area contributed by atoms with Crippen LogP contribution in [0.4, 0.5) is 5.69 Å². The molecule has 0 fully saturated rings. The number of hydrogen-bond donors (Lipinski definition) is 1. The maximum absolute atomic E-state index is 13.0. The number of amides is 1. The van der Waals surface area contributed by atoms with Gasteiger partial charge in [-0.15, -0.1) is 11.3 Å². The first-order chi connectivity index (χ1) is 14.7. The smallest absolute Gasteiger partial charge is 0.276 e. The highest BCUT2D eigenvalue weighted by Gasteiger charge is 2.17. The van der Waals surface area contributed by atoms with Crippen LogP contribution in [0.2, 0.25) is 0 Å². The molecule has 0 saturated carbocycles. The molecule has 30 heavy (non-hydrogen) atoms. The Balaban J connectivity index is 1.40. The second-order valence-electron chi connectivity index (χ2n) is 6.41. The molecule has 1 aliphatic rings. The number of thiophene rings is 1. The number of benzene rings is 2. The number of carbonyl (C=O) groups is 1. The van der Waals surface area contributed by atoms with Gasteiger partial charge in [0.15, 0.2) is 16.7 Å². The molecule has 3 heterocycles. The molecule has 5 rings (SSSR count). The highest BCUT2D eigenvalue weighted by Crippen LogP contribution is 2.34. The number of hydrogen-bond acceptors (Lipinski definition) is 7. The Morgan fingerprint density at radius 2 is 1.97 bits per heavy atom. The third-order valence-electron chi connectivity index (χ3n) is 4.45. The number of fused-ring (bicyclic) bond motifs is 2. The number of ether oxygens (including phenoxy) is 2. The largest absolute Gasteiger partial charge is 0.454 e. The van der Waals surface area contributed by atoms with Crippen molar-refractivity contribution in [2.45, 2.75) is 5.16 Å². The molecule has 1 amide bonds. The third-order valence-corrected chi connectivity index (χ3v) is 6.28. The second kappa shape index (κ2) is 7.85. The number of nitrogens with one attached hydrogen (secondary N) is 1. The number of anilines is 1. The van der Waals surface area contributed by atoms with Crippen molar-refractivity contribution < 1.29 is 14.3 Å². The second-order valence-corrected chi connectivity index (χ2v) is 8.27. The van der Waals surface area contributed by atoms with Crippen LogP contribution >= 0.6 is 23.1 Å². The van der Waals surface area contributed by atoms with E-state index < -0.39 is 0 Å². The van der Waals surface area contributed by atoms with Crippen molar-refractivity contribution in [1.29, 1.82) is 0 Å². The average Bonchev–Trinajstić information content (AvgIpc) is 3.42. The Morgan fingerprint density at radius 1 is 1.13 bits per heavy atom. The van der Waals surface area contributed by atoms with E-state index in [0.717, 1.165) is 0 Å². The third kappa shape index (κ3) is 3.53. The maximum Gasteiger partial charge on any atom is 0.276 e. The fourth-order valence-electron chi connectivity index (χ4n) is 3.10. The molecule has 0 spiro atoms. The molecule has 9 heteroatoms. The van der Waals surface area contributed by atoms with Crippen LogP contribution in [0.3, 0.4) is 0 Å². The minimum absolute atomic E-state index is 0.101. The molecule has 0 saturated heterocycles. The molecule has 0 aliphatic carbocycles. The van der Waals surface area contributed by atoms with Crippen molar-refractivity contribution in [3.05, 3.63) is 70.3 Å². The van der Waals surface area contributed by atoms with Crippen molar-refractivity contribution in [3.8, 4) is 17.2 Å². The standard InChI is InChI=1S/C21H15N3O4S2/c25-18(22-13-6-7-16-17(10-13)28-12-27-16)11-30-21-23-15-8-9-29-19(15)20(26)24(21)14-4-2-1-3-5-14/h1-10H,11-12H2,(H,22,25). The van der Waals surface area contributed by atoms with Gasteiger partial charge in [0.05, 0.1) is 17.0 Å². The Labute approximate surface area is 179 Å². The molecule has 1 N–H and O–H groups in total. The molecule has 4 aromatic rings. The van der Waals surface area contributed by atoms with Crippen LogP contribution in [0.25, 0.3) is 15.9 Å². The lowest BCUT2D eigenvalue weighted by Crippen LogP contribution is -2.22. The van der Waals surface area contributed by atoms with Crippen molar-refractivity contribution in [2.24, 2.45) is 0 Å². The number of rotatable bonds is 5. The summed E-state index contributed by atoms with van der Waals surface area (Å²) in [6.07, 6.45) is 0. The summed E-state index contributed by atoms with van der Waals surface area (Å²) in [5.41, 5.74) is 1.83. The first-order valence-electron chi connectivity index (χ1n) is 9.07. The van der Waals surface area contributed by atoms with E-state index in [1.165, 1.54) is 23.1 Å². The summed E-state index contributed by atoms with van der Waals surface area (Å²) in [6, 6.07) is 16.3. The van der Waals surface area contributed by atoms with Gasteiger partial charge in [0.25, 0.3) is 5.56 Å². The van der Waals surface area contributed by atoms with Crippen LogP contribution in [0.1, 0.15) is 0 Å². The van der Waals surface area contributed by atoms with Crippen LogP contribution in [0.5, 0.6) is 11.5 Å². The summed E-state index contributed by atoms with van der Waals surface area (Å²) < 4.78 is 12.8. The molecule has 150 valence electrons. The number of nitrogens with zero attached hydrogens (tertiary/aromatic N) is 2. The van der Waals surface area contributed by atoms with Gasteiger partial charge in [-0.1, -0.05) is 30.0 Å². The Morgan fingerprint density at radius 3 is 2.83 bits per heavy atom. The van der Waals surface area contributed by atoms with Gasteiger partial charge < -0.3 is 14.8 Å². The summed E-state index contributed by atoms with van der Waals surface area (Å²) >= 11 is 2.58. The SMILES string of the molecule is O=C(CSc1nc2ccsc2c(=O)n1-c1ccccc1)Nc1ccc2c(c1)OCO2. The van der Waals surface area contributed by atoms with E-state index in [4.69, 9.17) is 9.47 Å². The predicted molar refractivity (Wildman–Crippen MR) is 117 cm³/mol. The van der Waals surface area contributed by atoms with Gasteiger partial charge in [0, 0.05) is 11.8 Å². The first kappa shape index (κ1) is 18.7. The lowest BCUT2D eigenvalue weighted by atomic mass is 10.3.